The number of hydrogen-bond donors (Lipinski definition) is 0. The molecule has 0 unspecified atom stereocenters. The second-order valence-electron chi connectivity index (χ2n) is 7.04. The molecule has 6 heteroatoms. The van der Waals surface area contributed by atoms with E-state index in [2.05, 4.69) is 6.58 Å². The summed E-state index contributed by atoms with van der Waals surface area (Å²) < 4.78 is 16.7. The van der Waals surface area contributed by atoms with Gasteiger partial charge < -0.3 is 14.2 Å². The van der Waals surface area contributed by atoms with Gasteiger partial charge in [0.05, 0.1) is 17.2 Å². The quantitative estimate of drug-likeness (QED) is 0.464. The van der Waals surface area contributed by atoms with E-state index in [0.717, 1.165) is 0 Å². The van der Waals surface area contributed by atoms with Gasteiger partial charge in [0.25, 0.3) is 0 Å². The Kier molecular flexibility index (Phi) is 7.51. The standard InChI is InChI=1S/C24H24O6/c1-2-9-22-21(25)15-19(29-22)14-20(30-24(27)18-12-7-4-8-13-18)16-28-23(26)17-10-5-3-6-11-17/h2-8,10-13,19-20,22H,1,9,14-16H2/t19-,20+,22+/m1/s1. The first-order valence-corrected chi connectivity index (χ1v) is 9.84. The Morgan fingerprint density at radius 1 is 1.03 bits per heavy atom. The van der Waals surface area contributed by atoms with Gasteiger partial charge in [0.15, 0.2) is 5.78 Å². The number of hydrogen-bond acceptors (Lipinski definition) is 6. The summed E-state index contributed by atoms with van der Waals surface area (Å²) in [6.45, 7) is 3.50. The highest BCUT2D eigenvalue weighted by Gasteiger charge is 2.35. The van der Waals surface area contributed by atoms with Gasteiger partial charge in [0.1, 0.15) is 18.8 Å². The van der Waals surface area contributed by atoms with E-state index in [9.17, 15) is 14.4 Å². The largest absolute Gasteiger partial charge is 0.458 e. The zero-order valence-corrected chi connectivity index (χ0v) is 16.6. The number of esters is 2. The van der Waals surface area contributed by atoms with Gasteiger partial charge in [-0.15, -0.1) is 6.58 Å². The lowest BCUT2D eigenvalue weighted by atomic mass is 10.1. The van der Waals surface area contributed by atoms with Crippen molar-refractivity contribution in [1.29, 1.82) is 0 Å². The Balaban J connectivity index is 1.65. The maximum Gasteiger partial charge on any atom is 0.338 e. The van der Waals surface area contributed by atoms with Crippen molar-refractivity contribution in [2.45, 2.75) is 37.6 Å². The monoisotopic (exact) mass is 408 g/mol. The van der Waals surface area contributed by atoms with Crippen molar-refractivity contribution < 1.29 is 28.6 Å². The van der Waals surface area contributed by atoms with Crippen LogP contribution in [0.5, 0.6) is 0 Å². The lowest BCUT2D eigenvalue weighted by molar-refractivity contribution is -0.122. The van der Waals surface area contributed by atoms with Crippen LogP contribution in [0.4, 0.5) is 0 Å². The third-order valence-electron chi connectivity index (χ3n) is 4.74. The minimum Gasteiger partial charge on any atom is -0.458 e. The van der Waals surface area contributed by atoms with E-state index >= 15 is 0 Å². The van der Waals surface area contributed by atoms with Crippen LogP contribution in [0.1, 0.15) is 40.0 Å². The van der Waals surface area contributed by atoms with E-state index in [1.54, 1.807) is 66.7 Å². The van der Waals surface area contributed by atoms with Crippen LogP contribution in [0.15, 0.2) is 73.3 Å². The van der Waals surface area contributed by atoms with Crippen molar-refractivity contribution in [2.24, 2.45) is 0 Å². The summed E-state index contributed by atoms with van der Waals surface area (Å²) in [5.41, 5.74) is 0.800. The fourth-order valence-electron chi connectivity index (χ4n) is 3.25. The molecule has 1 aliphatic heterocycles. The van der Waals surface area contributed by atoms with E-state index < -0.39 is 30.3 Å². The van der Waals surface area contributed by atoms with Crippen LogP contribution in [-0.2, 0) is 19.0 Å². The molecular weight excluding hydrogens is 384 g/mol. The topological polar surface area (TPSA) is 78.9 Å². The van der Waals surface area contributed by atoms with Gasteiger partial charge in [-0.3, -0.25) is 4.79 Å². The van der Waals surface area contributed by atoms with Gasteiger partial charge in [-0.2, -0.15) is 0 Å². The van der Waals surface area contributed by atoms with Crippen LogP contribution in [0.2, 0.25) is 0 Å². The smallest absolute Gasteiger partial charge is 0.338 e. The van der Waals surface area contributed by atoms with E-state index in [1.165, 1.54) is 0 Å². The molecule has 2 aromatic rings. The molecule has 1 fully saturated rings. The van der Waals surface area contributed by atoms with Gasteiger partial charge in [0, 0.05) is 12.8 Å². The van der Waals surface area contributed by atoms with Crippen molar-refractivity contribution >= 4 is 17.7 Å². The molecule has 0 N–H and O–H groups in total. The first kappa shape index (κ1) is 21.5. The predicted molar refractivity (Wildman–Crippen MR) is 110 cm³/mol. The Bertz CT molecular complexity index is 877. The average Bonchev–Trinajstić information content (AvgIpc) is 3.12. The zero-order valence-electron chi connectivity index (χ0n) is 16.6. The van der Waals surface area contributed by atoms with Crippen LogP contribution >= 0.6 is 0 Å². The molecule has 0 aliphatic carbocycles. The van der Waals surface area contributed by atoms with Crippen molar-refractivity contribution in [3.63, 3.8) is 0 Å². The summed E-state index contributed by atoms with van der Waals surface area (Å²) in [5.74, 6) is -1.04. The van der Waals surface area contributed by atoms with E-state index in [-0.39, 0.29) is 25.2 Å². The molecule has 0 radical (unpaired) electrons. The third-order valence-corrected chi connectivity index (χ3v) is 4.74. The maximum atomic E-state index is 12.5. The molecule has 2 aromatic carbocycles. The molecule has 0 bridgehead atoms. The number of ketones is 1. The molecule has 1 heterocycles. The molecule has 1 saturated heterocycles. The molecule has 3 atom stereocenters. The molecule has 0 aromatic heterocycles. The summed E-state index contributed by atoms with van der Waals surface area (Å²) >= 11 is 0. The molecule has 156 valence electrons. The number of benzene rings is 2. The molecule has 1 aliphatic rings. The molecule has 30 heavy (non-hydrogen) atoms. The molecule has 3 rings (SSSR count). The number of rotatable bonds is 9. The van der Waals surface area contributed by atoms with Crippen LogP contribution < -0.4 is 0 Å². The summed E-state index contributed by atoms with van der Waals surface area (Å²) in [7, 11) is 0. The van der Waals surface area contributed by atoms with Gasteiger partial charge in [0.2, 0.25) is 0 Å². The third kappa shape index (κ3) is 5.87. The fourth-order valence-corrected chi connectivity index (χ4v) is 3.25. The number of carbonyl (C=O) groups excluding carboxylic acids is 3. The predicted octanol–water partition coefficient (Wildman–Crippen LogP) is 3.76. The van der Waals surface area contributed by atoms with Gasteiger partial charge in [-0.1, -0.05) is 42.5 Å². The Hall–Kier alpha value is -3.25. The van der Waals surface area contributed by atoms with Crippen molar-refractivity contribution in [1.82, 2.24) is 0 Å². The Morgan fingerprint density at radius 3 is 2.23 bits per heavy atom. The van der Waals surface area contributed by atoms with Gasteiger partial charge in [-0.05, 0) is 30.7 Å². The van der Waals surface area contributed by atoms with Crippen LogP contribution in [-0.4, -0.2) is 42.6 Å². The van der Waals surface area contributed by atoms with E-state index in [4.69, 9.17) is 14.2 Å². The lowest BCUT2D eigenvalue weighted by Crippen LogP contribution is -2.29. The van der Waals surface area contributed by atoms with Crippen molar-refractivity contribution in [3.8, 4) is 0 Å². The highest BCUT2D eigenvalue weighted by atomic mass is 16.6. The molecular formula is C24H24O6. The molecule has 0 saturated carbocycles. The van der Waals surface area contributed by atoms with Crippen LogP contribution in [0.25, 0.3) is 0 Å². The fraction of sp³-hybridized carbons (Fsp3) is 0.292. The van der Waals surface area contributed by atoms with E-state index in [1.807, 2.05) is 0 Å². The average molecular weight is 408 g/mol. The minimum absolute atomic E-state index is 0.00526. The lowest BCUT2D eigenvalue weighted by Gasteiger charge is -2.21. The molecule has 6 nitrogen and oxygen atoms in total. The van der Waals surface area contributed by atoms with Crippen molar-refractivity contribution in [3.05, 3.63) is 84.4 Å². The molecule has 0 spiro atoms. The SMILES string of the molecule is C=CC[C@@H]1O[C@H](C[C@@H](COC(=O)c2ccccc2)OC(=O)c2ccccc2)CC1=O. The summed E-state index contributed by atoms with van der Waals surface area (Å²) in [4.78, 5) is 36.8. The van der Waals surface area contributed by atoms with Gasteiger partial charge >= 0.3 is 11.9 Å². The normalized spacial score (nSPS) is 19.1. The first-order chi connectivity index (χ1) is 14.6. The summed E-state index contributed by atoms with van der Waals surface area (Å²) in [6, 6.07) is 17.1. The maximum absolute atomic E-state index is 12.5. The highest BCUT2D eigenvalue weighted by Crippen LogP contribution is 2.24. The second kappa shape index (κ2) is 10.5. The first-order valence-electron chi connectivity index (χ1n) is 9.84. The summed E-state index contributed by atoms with van der Waals surface area (Å²) in [6.07, 6.45) is 0.874. The minimum atomic E-state index is -0.745. The van der Waals surface area contributed by atoms with Crippen LogP contribution in [0, 0.1) is 0 Å². The summed E-state index contributed by atoms with van der Waals surface area (Å²) in [5, 5.41) is 0. The van der Waals surface area contributed by atoms with Crippen LogP contribution in [0.3, 0.4) is 0 Å². The number of ether oxygens (including phenoxy) is 3. The molecule has 0 amide bonds. The number of Topliss-reactive ketones (excluding diaryl/α,β-unsaturated/α-hetero) is 1. The second-order valence-corrected chi connectivity index (χ2v) is 7.04. The van der Waals surface area contributed by atoms with Gasteiger partial charge in [-0.25, -0.2) is 9.59 Å². The van der Waals surface area contributed by atoms with E-state index in [0.29, 0.717) is 17.5 Å². The Labute approximate surface area is 175 Å². The zero-order chi connectivity index (χ0) is 21.3. The highest BCUT2D eigenvalue weighted by molar-refractivity contribution is 5.90. The Morgan fingerprint density at radius 2 is 1.63 bits per heavy atom. The number of carbonyl (C=O) groups is 3. The van der Waals surface area contributed by atoms with Crippen molar-refractivity contribution in [2.75, 3.05) is 6.61 Å².